The van der Waals surface area contributed by atoms with E-state index >= 15 is 0 Å². The van der Waals surface area contributed by atoms with E-state index in [0.717, 1.165) is 4.48 Å². The van der Waals surface area contributed by atoms with Gasteiger partial charge in [0.1, 0.15) is 5.69 Å². The highest BCUT2D eigenvalue weighted by molar-refractivity contribution is 9.15. The average Bonchev–Trinajstić information content (AvgIpc) is 2.41. The Morgan fingerprint density at radius 3 is 3.17 bits per heavy atom. The van der Waals surface area contributed by atoms with Crippen molar-refractivity contribution in [1.29, 1.82) is 0 Å². The van der Waals surface area contributed by atoms with Gasteiger partial charge in [0.15, 0.2) is 17.9 Å². The number of halogens is 1. The highest BCUT2D eigenvalue weighted by atomic mass is 79.9. The van der Waals surface area contributed by atoms with E-state index in [2.05, 4.69) is 26.2 Å². The van der Waals surface area contributed by atoms with Gasteiger partial charge in [0.25, 0.3) is 0 Å². The van der Waals surface area contributed by atoms with Crippen LogP contribution in [0.1, 0.15) is 23.6 Å². The van der Waals surface area contributed by atoms with Gasteiger partial charge in [-0.2, -0.15) is 0 Å². The highest BCUT2D eigenvalue weighted by Gasteiger charge is 2.23. The molecule has 2 rings (SSSR count). The number of fused-ring (bicyclic) bond motifs is 1. The monoisotopic (exact) mass is 230 g/mol. The van der Waals surface area contributed by atoms with Crippen molar-refractivity contribution >= 4 is 20.4 Å². The largest absolute Gasteiger partial charge is 0.440 e. The maximum absolute atomic E-state index is 9.39. The number of aliphatic hydroxyl groups excluding tert-OH is 1. The number of oxazole rings is 1. The molecule has 0 fully saturated rings. The van der Waals surface area contributed by atoms with Crippen molar-refractivity contribution in [3.63, 3.8) is 0 Å². The van der Waals surface area contributed by atoms with Crippen LogP contribution in [0.4, 0.5) is 0 Å². The van der Waals surface area contributed by atoms with Gasteiger partial charge >= 0.3 is 0 Å². The lowest BCUT2D eigenvalue weighted by molar-refractivity contribution is 0.149. The maximum atomic E-state index is 9.39. The number of nitrogens with one attached hydrogen (secondary N) is 1. The van der Waals surface area contributed by atoms with Gasteiger partial charge in [0.2, 0.25) is 0 Å². The molecule has 0 saturated carbocycles. The summed E-state index contributed by atoms with van der Waals surface area (Å²) in [6, 6.07) is 0. The van der Waals surface area contributed by atoms with Crippen LogP contribution in [0, 0.1) is 6.92 Å². The van der Waals surface area contributed by atoms with Crippen molar-refractivity contribution in [3.8, 4) is 0 Å². The summed E-state index contributed by atoms with van der Waals surface area (Å²) in [5.41, 5.74) is 0.530. The van der Waals surface area contributed by atoms with E-state index in [4.69, 9.17) is 4.42 Å². The van der Waals surface area contributed by atoms with E-state index in [-0.39, 0.29) is 0 Å². The number of aliphatic hydroxyl groups is 1. The zero-order chi connectivity index (χ0) is 8.72. The van der Waals surface area contributed by atoms with E-state index in [0.29, 0.717) is 17.3 Å². The minimum atomic E-state index is -0.765. The molecule has 0 bridgehead atoms. The van der Waals surface area contributed by atoms with Gasteiger partial charge < -0.3 is 14.8 Å². The molecular weight excluding hydrogens is 224 g/mol. The minimum absolute atomic E-state index is 0.530. The topological polar surface area (TPSA) is 58.3 Å². The summed E-state index contributed by atoms with van der Waals surface area (Å²) in [7, 11) is 0. The Morgan fingerprint density at radius 1 is 1.75 bits per heavy atom. The summed E-state index contributed by atoms with van der Waals surface area (Å²) in [6.45, 7) is 1.74. The van der Waals surface area contributed by atoms with Crippen LogP contribution in [0.3, 0.4) is 0 Å². The quantitative estimate of drug-likeness (QED) is 0.705. The number of hydrogen-bond acceptors (Lipinski definition) is 4. The maximum Gasteiger partial charge on any atom is 0.192 e. The first-order valence-electron chi connectivity index (χ1n) is 3.46. The number of nitrogens with zero attached hydrogens (tertiary/aromatic N) is 1. The van der Waals surface area contributed by atoms with Crippen molar-refractivity contribution in [2.75, 3.05) is 0 Å². The van der Waals surface area contributed by atoms with Crippen molar-refractivity contribution < 1.29 is 9.52 Å². The Bertz CT molecular complexity index is 345. The third-order valence-electron chi connectivity index (χ3n) is 1.60. The van der Waals surface area contributed by atoms with Crippen LogP contribution in [-0.2, 0) is 0 Å². The molecule has 1 aromatic heterocycles. The molecule has 64 valence electrons. The average molecular weight is 231 g/mol. The van der Waals surface area contributed by atoms with Gasteiger partial charge in [-0.3, -0.25) is 0 Å². The lowest BCUT2D eigenvalue weighted by atomic mass is 10.2. The second-order valence-electron chi connectivity index (χ2n) is 2.51. The van der Waals surface area contributed by atoms with Gasteiger partial charge in [-0.05, 0) is 15.9 Å². The Labute approximate surface area is 77.4 Å². The second kappa shape index (κ2) is 2.60. The molecule has 0 saturated heterocycles. The van der Waals surface area contributed by atoms with E-state index in [1.54, 1.807) is 13.1 Å². The van der Waals surface area contributed by atoms with Gasteiger partial charge in [0.05, 0.1) is 4.48 Å². The predicted octanol–water partition coefficient (Wildman–Crippen LogP) is 1.27. The molecule has 1 aromatic rings. The molecule has 1 aliphatic heterocycles. The summed E-state index contributed by atoms with van der Waals surface area (Å²) in [4.78, 5) is 4.03. The molecule has 0 radical (unpaired) electrons. The summed E-state index contributed by atoms with van der Waals surface area (Å²) in [5.74, 6) is 1.15. The van der Waals surface area contributed by atoms with Gasteiger partial charge in [-0.15, -0.1) is 0 Å². The van der Waals surface area contributed by atoms with E-state index in [9.17, 15) is 5.11 Å². The number of aromatic nitrogens is 1. The fraction of sp³-hybridized carbons (Fsp3) is 0.286. The number of aryl methyl sites for hydroxylation is 1. The van der Waals surface area contributed by atoms with Crippen molar-refractivity contribution in [1.82, 2.24) is 10.3 Å². The normalized spacial score (nSPS) is 21.2. The van der Waals surface area contributed by atoms with Crippen LogP contribution in [0.5, 0.6) is 0 Å². The number of hydrogen-bond donors (Lipinski definition) is 2. The molecule has 0 aliphatic carbocycles. The van der Waals surface area contributed by atoms with Gasteiger partial charge in [-0.1, -0.05) is 0 Å². The second-order valence-corrected chi connectivity index (χ2v) is 3.36. The van der Waals surface area contributed by atoms with Crippen LogP contribution < -0.4 is 5.32 Å². The molecule has 0 amide bonds. The van der Waals surface area contributed by atoms with Gasteiger partial charge in [0, 0.05) is 13.1 Å². The molecule has 2 heterocycles. The molecule has 0 aromatic carbocycles. The summed E-state index contributed by atoms with van der Waals surface area (Å²) in [6.07, 6.45) is 0.871. The molecule has 0 spiro atoms. The Kier molecular flexibility index (Phi) is 1.69. The molecule has 12 heavy (non-hydrogen) atoms. The predicted molar refractivity (Wildman–Crippen MR) is 46.2 cm³/mol. The van der Waals surface area contributed by atoms with Crippen LogP contribution in [-0.4, -0.2) is 10.1 Å². The molecule has 4 nitrogen and oxygen atoms in total. The van der Waals surface area contributed by atoms with Crippen molar-refractivity contribution in [3.05, 3.63) is 23.5 Å². The third-order valence-corrected chi connectivity index (χ3v) is 2.19. The first-order valence-corrected chi connectivity index (χ1v) is 4.25. The fourth-order valence-corrected chi connectivity index (χ4v) is 1.51. The molecule has 1 unspecified atom stereocenters. The Balaban J connectivity index is 2.57. The van der Waals surface area contributed by atoms with Gasteiger partial charge in [-0.25, -0.2) is 4.98 Å². The smallest absolute Gasteiger partial charge is 0.192 e. The van der Waals surface area contributed by atoms with Crippen LogP contribution in [0.15, 0.2) is 10.6 Å². The van der Waals surface area contributed by atoms with E-state index in [1.807, 2.05) is 0 Å². The number of rotatable bonds is 0. The molecule has 5 heteroatoms. The molecule has 1 atom stereocenters. The van der Waals surface area contributed by atoms with E-state index < -0.39 is 6.23 Å². The summed E-state index contributed by atoms with van der Waals surface area (Å²) >= 11 is 3.28. The zero-order valence-corrected chi connectivity index (χ0v) is 7.92. The Morgan fingerprint density at radius 2 is 2.50 bits per heavy atom. The van der Waals surface area contributed by atoms with Crippen molar-refractivity contribution in [2.24, 2.45) is 0 Å². The lowest BCUT2D eigenvalue weighted by Gasteiger charge is -2.14. The SMILES string of the molecule is Cc1nc2c(o1)C(Br)=CNC2O. The highest BCUT2D eigenvalue weighted by Crippen LogP contribution is 2.31. The first kappa shape index (κ1) is 7.82. The fourth-order valence-electron chi connectivity index (χ4n) is 1.10. The van der Waals surface area contributed by atoms with Crippen LogP contribution >= 0.6 is 15.9 Å². The van der Waals surface area contributed by atoms with Crippen LogP contribution in [0.2, 0.25) is 0 Å². The molecular formula is C7H7BrN2O2. The molecule has 1 aliphatic rings. The Hall–Kier alpha value is -0.810. The standard InChI is InChI=1S/C7H7BrN2O2/c1-3-10-5-6(12-3)4(8)2-9-7(5)11/h2,7,9,11H,1H3. The zero-order valence-electron chi connectivity index (χ0n) is 6.34. The minimum Gasteiger partial charge on any atom is -0.440 e. The third kappa shape index (κ3) is 1.05. The summed E-state index contributed by atoms with van der Waals surface area (Å²) < 4.78 is 6.03. The lowest BCUT2D eigenvalue weighted by Crippen LogP contribution is -2.19. The first-order chi connectivity index (χ1) is 5.68. The van der Waals surface area contributed by atoms with E-state index in [1.165, 1.54) is 0 Å². The molecule has 2 N–H and O–H groups in total. The van der Waals surface area contributed by atoms with Crippen LogP contribution in [0.25, 0.3) is 4.48 Å². The van der Waals surface area contributed by atoms with Crippen molar-refractivity contribution in [2.45, 2.75) is 13.2 Å². The summed E-state index contributed by atoms with van der Waals surface area (Å²) in [5, 5.41) is 12.1.